The van der Waals surface area contributed by atoms with Crippen molar-refractivity contribution < 1.29 is 17.4 Å². The summed E-state index contributed by atoms with van der Waals surface area (Å²) in [6, 6.07) is 12.4. The van der Waals surface area contributed by atoms with Gasteiger partial charge < -0.3 is 8.94 Å². The van der Waals surface area contributed by atoms with Gasteiger partial charge in [0.2, 0.25) is 15.8 Å². The molecule has 0 amide bonds. The summed E-state index contributed by atoms with van der Waals surface area (Å²) in [7, 11) is -3.56. The highest BCUT2D eigenvalue weighted by molar-refractivity contribution is 9.10. The summed E-state index contributed by atoms with van der Waals surface area (Å²) in [5, 5.41) is 4.74. The van der Waals surface area contributed by atoms with E-state index in [9.17, 15) is 8.42 Å². The maximum absolute atomic E-state index is 12.9. The Labute approximate surface area is 182 Å². The number of furan rings is 1. The van der Waals surface area contributed by atoms with Crippen molar-refractivity contribution >= 4 is 36.9 Å². The number of aryl methyl sites for hydroxylation is 1. The number of sulfonamides is 1. The van der Waals surface area contributed by atoms with Crippen LogP contribution in [0.4, 0.5) is 0 Å². The number of benzene rings is 2. The summed E-state index contributed by atoms with van der Waals surface area (Å²) in [6.45, 7) is 6.30. The molecule has 0 aliphatic heterocycles. The Morgan fingerprint density at radius 1 is 1.07 bits per heavy atom. The van der Waals surface area contributed by atoms with Crippen molar-refractivity contribution in [3.8, 4) is 23.0 Å². The topological polar surface area (TPSA) is 89.4 Å². The molecule has 0 aliphatic carbocycles. The molecule has 0 unspecified atom stereocenters. The first kappa shape index (κ1) is 20.8. The van der Waals surface area contributed by atoms with Gasteiger partial charge in [0.1, 0.15) is 5.58 Å². The van der Waals surface area contributed by atoms with E-state index in [0.29, 0.717) is 35.6 Å². The number of hydrogen-bond donors (Lipinski definition) is 0. The van der Waals surface area contributed by atoms with Crippen molar-refractivity contribution in [2.45, 2.75) is 25.7 Å². The highest BCUT2D eigenvalue weighted by atomic mass is 79.9. The third kappa shape index (κ3) is 3.57. The van der Waals surface area contributed by atoms with Crippen molar-refractivity contribution in [2.75, 3.05) is 13.1 Å². The van der Waals surface area contributed by atoms with E-state index in [4.69, 9.17) is 8.94 Å². The fraction of sp³-hybridized carbons (Fsp3) is 0.238. The molecule has 7 nitrogen and oxygen atoms in total. The lowest BCUT2D eigenvalue weighted by molar-refractivity contribution is 0.419. The molecule has 156 valence electrons. The van der Waals surface area contributed by atoms with E-state index in [2.05, 4.69) is 26.1 Å². The zero-order valence-corrected chi connectivity index (χ0v) is 19.1. The normalized spacial score (nSPS) is 12.2. The van der Waals surface area contributed by atoms with Gasteiger partial charge in [-0.2, -0.15) is 9.29 Å². The van der Waals surface area contributed by atoms with Gasteiger partial charge in [-0.15, -0.1) is 0 Å². The second-order valence-electron chi connectivity index (χ2n) is 6.73. The fourth-order valence-corrected chi connectivity index (χ4v) is 5.06. The molecule has 30 heavy (non-hydrogen) atoms. The van der Waals surface area contributed by atoms with Gasteiger partial charge in [0.05, 0.1) is 4.90 Å². The van der Waals surface area contributed by atoms with Gasteiger partial charge >= 0.3 is 0 Å². The Morgan fingerprint density at radius 3 is 2.43 bits per heavy atom. The smallest absolute Gasteiger partial charge is 0.294 e. The summed E-state index contributed by atoms with van der Waals surface area (Å²) in [6.07, 6.45) is 0. The highest BCUT2D eigenvalue weighted by Crippen LogP contribution is 2.34. The minimum atomic E-state index is -3.56. The van der Waals surface area contributed by atoms with Crippen LogP contribution in [0, 0.1) is 6.92 Å². The van der Waals surface area contributed by atoms with E-state index in [1.54, 1.807) is 18.2 Å². The standard InChI is InChI=1S/C21H20BrN3O4S/c1-4-25(5-2)30(26,27)16-10-11-18-17(12-16)13(3)19(28-18)21-23-20(24-29-21)14-6-8-15(22)9-7-14/h6-12H,4-5H2,1-3H3. The second-order valence-corrected chi connectivity index (χ2v) is 9.59. The SMILES string of the molecule is CCN(CC)S(=O)(=O)c1ccc2oc(-c3nc(-c4ccc(Br)cc4)no3)c(C)c2c1. The molecule has 0 atom stereocenters. The summed E-state index contributed by atoms with van der Waals surface area (Å²) >= 11 is 3.40. The monoisotopic (exact) mass is 489 g/mol. The molecule has 4 rings (SSSR count). The van der Waals surface area contributed by atoms with Crippen molar-refractivity contribution in [1.82, 2.24) is 14.4 Å². The number of halogens is 1. The van der Waals surface area contributed by atoms with Crippen LogP contribution in [-0.2, 0) is 10.0 Å². The molecule has 2 aromatic heterocycles. The van der Waals surface area contributed by atoms with Crippen LogP contribution >= 0.6 is 15.9 Å². The Bertz CT molecular complexity index is 1310. The van der Waals surface area contributed by atoms with Gasteiger partial charge in [0, 0.05) is 34.1 Å². The molecular weight excluding hydrogens is 470 g/mol. The molecule has 0 spiro atoms. The van der Waals surface area contributed by atoms with Crippen LogP contribution in [-0.4, -0.2) is 36.0 Å². The van der Waals surface area contributed by atoms with Gasteiger partial charge in [-0.3, -0.25) is 0 Å². The molecule has 2 aromatic carbocycles. The maximum atomic E-state index is 12.9. The molecule has 0 bridgehead atoms. The van der Waals surface area contributed by atoms with E-state index < -0.39 is 10.0 Å². The zero-order chi connectivity index (χ0) is 21.5. The minimum Gasteiger partial charge on any atom is -0.451 e. The number of fused-ring (bicyclic) bond motifs is 1. The van der Waals surface area contributed by atoms with Crippen molar-refractivity contribution in [2.24, 2.45) is 0 Å². The molecule has 4 aromatic rings. The molecular formula is C21H20BrN3O4S. The largest absolute Gasteiger partial charge is 0.451 e. The Balaban J connectivity index is 1.75. The fourth-order valence-electron chi connectivity index (χ4n) is 3.31. The lowest BCUT2D eigenvalue weighted by Gasteiger charge is -2.18. The van der Waals surface area contributed by atoms with Crippen LogP contribution in [0.1, 0.15) is 19.4 Å². The second kappa shape index (κ2) is 7.98. The third-order valence-corrected chi connectivity index (χ3v) is 7.55. The van der Waals surface area contributed by atoms with Crippen molar-refractivity contribution in [3.63, 3.8) is 0 Å². The lowest BCUT2D eigenvalue weighted by Crippen LogP contribution is -2.30. The summed E-state index contributed by atoms with van der Waals surface area (Å²) < 4.78 is 39.4. The molecule has 0 aliphatic rings. The van der Waals surface area contributed by atoms with Gasteiger partial charge in [0.25, 0.3) is 5.89 Å². The van der Waals surface area contributed by atoms with Gasteiger partial charge in [-0.1, -0.05) is 34.9 Å². The molecule has 0 fully saturated rings. The average Bonchev–Trinajstić information content (AvgIpc) is 3.34. The molecule has 2 heterocycles. The quantitative estimate of drug-likeness (QED) is 0.367. The summed E-state index contributed by atoms with van der Waals surface area (Å²) in [5.74, 6) is 1.12. The van der Waals surface area contributed by atoms with Gasteiger partial charge in [0.15, 0.2) is 5.76 Å². The summed E-state index contributed by atoms with van der Waals surface area (Å²) in [5.41, 5.74) is 2.12. The first-order chi connectivity index (χ1) is 14.3. The third-order valence-electron chi connectivity index (χ3n) is 4.97. The first-order valence-electron chi connectivity index (χ1n) is 9.48. The van der Waals surface area contributed by atoms with Gasteiger partial charge in [-0.05, 0) is 49.4 Å². The van der Waals surface area contributed by atoms with E-state index in [1.807, 2.05) is 45.0 Å². The van der Waals surface area contributed by atoms with Crippen LogP contribution in [0.2, 0.25) is 0 Å². The Kier molecular flexibility index (Phi) is 5.52. The van der Waals surface area contributed by atoms with Crippen LogP contribution in [0.5, 0.6) is 0 Å². The average molecular weight is 490 g/mol. The summed E-state index contributed by atoms with van der Waals surface area (Å²) in [4.78, 5) is 4.68. The number of rotatable bonds is 6. The van der Waals surface area contributed by atoms with Crippen molar-refractivity contribution in [1.29, 1.82) is 0 Å². The Hall–Kier alpha value is -2.49. The highest BCUT2D eigenvalue weighted by Gasteiger charge is 2.24. The molecule has 0 saturated heterocycles. The van der Waals surface area contributed by atoms with Crippen molar-refractivity contribution in [3.05, 3.63) is 52.5 Å². The maximum Gasteiger partial charge on any atom is 0.294 e. The number of aromatic nitrogens is 2. The lowest BCUT2D eigenvalue weighted by atomic mass is 10.1. The zero-order valence-electron chi connectivity index (χ0n) is 16.7. The van der Waals surface area contributed by atoms with Gasteiger partial charge in [-0.25, -0.2) is 8.42 Å². The minimum absolute atomic E-state index is 0.232. The van der Waals surface area contributed by atoms with Crippen LogP contribution < -0.4 is 0 Å². The molecule has 0 N–H and O–H groups in total. The van der Waals surface area contributed by atoms with Crippen LogP contribution in [0.3, 0.4) is 0 Å². The molecule has 9 heteroatoms. The molecule has 0 radical (unpaired) electrons. The number of hydrogen-bond acceptors (Lipinski definition) is 6. The first-order valence-corrected chi connectivity index (χ1v) is 11.7. The van der Waals surface area contributed by atoms with Crippen LogP contribution in [0.15, 0.2) is 60.8 Å². The number of nitrogens with zero attached hydrogens (tertiary/aromatic N) is 3. The van der Waals surface area contributed by atoms with E-state index in [-0.39, 0.29) is 10.8 Å². The van der Waals surface area contributed by atoms with E-state index in [1.165, 1.54) is 4.31 Å². The predicted octanol–water partition coefficient (Wildman–Crippen LogP) is 5.25. The van der Waals surface area contributed by atoms with E-state index >= 15 is 0 Å². The Morgan fingerprint density at radius 2 is 1.77 bits per heavy atom. The van der Waals surface area contributed by atoms with Crippen LogP contribution in [0.25, 0.3) is 34.0 Å². The predicted molar refractivity (Wildman–Crippen MR) is 117 cm³/mol. The molecule has 0 saturated carbocycles. The van der Waals surface area contributed by atoms with E-state index in [0.717, 1.165) is 15.6 Å².